The number of carbonyl (C=O) groups is 3. The van der Waals surface area contributed by atoms with Crippen molar-refractivity contribution in [1.29, 1.82) is 0 Å². The van der Waals surface area contributed by atoms with E-state index in [2.05, 4.69) is 0 Å². The predicted octanol–water partition coefficient (Wildman–Crippen LogP) is 1.21. The maximum Gasteiger partial charge on any atom is 0.240 e. The lowest BCUT2D eigenvalue weighted by Gasteiger charge is -2.35. The number of nitrogens with zero attached hydrogens (tertiary/aromatic N) is 2. The lowest BCUT2D eigenvalue weighted by molar-refractivity contribution is -0.144. The third-order valence-electron chi connectivity index (χ3n) is 5.17. The highest BCUT2D eigenvalue weighted by Crippen LogP contribution is 2.26. The molecule has 2 atom stereocenters. The number of nitrogens with two attached hydrogens (primary N) is 1. The zero-order chi connectivity index (χ0) is 18.0. The zero-order valence-electron chi connectivity index (χ0n) is 14.6. The molecule has 6 heteroatoms. The number of hydrogen-bond donors (Lipinski definition) is 1. The van der Waals surface area contributed by atoms with Crippen molar-refractivity contribution < 1.29 is 14.4 Å². The Hall–Kier alpha value is -2.37. The maximum atomic E-state index is 12.8. The minimum atomic E-state index is -0.525. The summed E-state index contributed by atoms with van der Waals surface area (Å²) in [6, 6.07) is 7.52. The summed E-state index contributed by atoms with van der Waals surface area (Å²) in [5, 5.41) is 0. The van der Waals surface area contributed by atoms with Crippen LogP contribution in [0.1, 0.15) is 36.8 Å². The van der Waals surface area contributed by atoms with Crippen LogP contribution >= 0.6 is 0 Å². The smallest absolute Gasteiger partial charge is 0.240 e. The molecular weight excluding hydrogens is 318 g/mol. The van der Waals surface area contributed by atoms with Gasteiger partial charge in [0.25, 0.3) is 0 Å². The summed E-state index contributed by atoms with van der Waals surface area (Å²) < 4.78 is 0. The Labute approximate surface area is 148 Å². The Morgan fingerprint density at radius 2 is 1.92 bits per heavy atom. The van der Waals surface area contributed by atoms with Crippen LogP contribution in [0.25, 0.3) is 0 Å². The molecular formula is C19H25N3O3. The normalized spacial score (nSPS) is 23.8. The molecule has 1 aromatic carbocycles. The van der Waals surface area contributed by atoms with E-state index in [1.165, 1.54) is 5.56 Å². The molecule has 6 nitrogen and oxygen atoms in total. The second-order valence-electron chi connectivity index (χ2n) is 7.11. The number of piperidine rings is 1. The van der Waals surface area contributed by atoms with E-state index in [0.29, 0.717) is 26.1 Å². The van der Waals surface area contributed by atoms with Crippen molar-refractivity contribution in [2.45, 2.75) is 45.2 Å². The minimum Gasteiger partial charge on any atom is -0.368 e. The molecule has 2 saturated heterocycles. The van der Waals surface area contributed by atoms with E-state index >= 15 is 0 Å². The fourth-order valence-electron chi connectivity index (χ4n) is 3.73. The van der Waals surface area contributed by atoms with Gasteiger partial charge in [0.15, 0.2) is 0 Å². The van der Waals surface area contributed by atoms with E-state index in [4.69, 9.17) is 5.73 Å². The first-order valence-corrected chi connectivity index (χ1v) is 8.89. The van der Waals surface area contributed by atoms with Crippen LogP contribution < -0.4 is 5.73 Å². The lowest BCUT2D eigenvalue weighted by Crippen LogP contribution is -2.52. The molecule has 134 valence electrons. The van der Waals surface area contributed by atoms with Crippen LogP contribution in [0.5, 0.6) is 0 Å². The quantitative estimate of drug-likeness (QED) is 0.892. The fraction of sp³-hybridized carbons (Fsp3) is 0.526. The van der Waals surface area contributed by atoms with Gasteiger partial charge in [0.1, 0.15) is 6.04 Å². The van der Waals surface area contributed by atoms with Crippen molar-refractivity contribution in [3.05, 3.63) is 35.4 Å². The van der Waals surface area contributed by atoms with Crippen molar-refractivity contribution >= 4 is 17.7 Å². The van der Waals surface area contributed by atoms with Gasteiger partial charge in [0.2, 0.25) is 17.7 Å². The molecule has 2 fully saturated rings. The van der Waals surface area contributed by atoms with Gasteiger partial charge < -0.3 is 15.5 Å². The fourth-order valence-corrected chi connectivity index (χ4v) is 3.73. The first-order valence-electron chi connectivity index (χ1n) is 8.89. The first kappa shape index (κ1) is 17.5. The van der Waals surface area contributed by atoms with Crippen LogP contribution in [0.3, 0.4) is 0 Å². The summed E-state index contributed by atoms with van der Waals surface area (Å²) in [4.78, 5) is 40.1. The summed E-state index contributed by atoms with van der Waals surface area (Å²) in [6.45, 7) is 3.50. The van der Waals surface area contributed by atoms with Crippen LogP contribution in [0.4, 0.5) is 0 Å². The summed E-state index contributed by atoms with van der Waals surface area (Å²) in [7, 11) is 0. The molecule has 0 radical (unpaired) electrons. The van der Waals surface area contributed by atoms with Crippen LogP contribution in [0, 0.1) is 12.8 Å². The number of amides is 3. The SMILES string of the molecule is Cc1ccc(CN2CC(C(=O)N3CCCCC3C(N)=O)CC2=O)cc1. The molecule has 3 amide bonds. The molecule has 0 aliphatic carbocycles. The molecule has 0 saturated carbocycles. The van der Waals surface area contributed by atoms with Gasteiger partial charge >= 0.3 is 0 Å². The standard InChI is InChI=1S/C19H25N3O3/c1-13-5-7-14(8-6-13)11-21-12-15(10-17(21)23)19(25)22-9-3-2-4-16(22)18(20)24/h5-8,15-16H,2-4,9-12H2,1H3,(H2,20,24). The van der Waals surface area contributed by atoms with Crippen molar-refractivity contribution in [2.75, 3.05) is 13.1 Å². The minimum absolute atomic E-state index is 0.00782. The second kappa shape index (κ2) is 7.25. The summed E-state index contributed by atoms with van der Waals surface area (Å²) in [6.07, 6.45) is 2.62. The highest BCUT2D eigenvalue weighted by Gasteiger charge is 2.40. The Morgan fingerprint density at radius 1 is 1.20 bits per heavy atom. The predicted molar refractivity (Wildman–Crippen MR) is 93.2 cm³/mol. The van der Waals surface area contributed by atoms with E-state index in [1.54, 1.807) is 9.80 Å². The van der Waals surface area contributed by atoms with Crippen LogP contribution in [-0.4, -0.2) is 46.7 Å². The maximum absolute atomic E-state index is 12.8. The van der Waals surface area contributed by atoms with E-state index in [9.17, 15) is 14.4 Å². The second-order valence-corrected chi connectivity index (χ2v) is 7.11. The molecule has 3 rings (SSSR count). The third kappa shape index (κ3) is 3.83. The number of aryl methyl sites for hydroxylation is 1. The van der Waals surface area contributed by atoms with Crippen LogP contribution in [0.15, 0.2) is 24.3 Å². The lowest BCUT2D eigenvalue weighted by atomic mass is 9.98. The molecule has 25 heavy (non-hydrogen) atoms. The van der Waals surface area contributed by atoms with Gasteiger partial charge in [-0.1, -0.05) is 29.8 Å². The molecule has 0 bridgehead atoms. The van der Waals surface area contributed by atoms with Crippen molar-refractivity contribution in [2.24, 2.45) is 11.7 Å². The topological polar surface area (TPSA) is 83.7 Å². The van der Waals surface area contributed by atoms with Crippen LogP contribution in [0.2, 0.25) is 0 Å². The summed E-state index contributed by atoms with van der Waals surface area (Å²) in [5.74, 6) is -0.943. The summed E-state index contributed by atoms with van der Waals surface area (Å²) >= 11 is 0. The van der Waals surface area contributed by atoms with E-state index in [1.807, 2.05) is 31.2 Å². The molecule has 2 unspecified atom stereocenters. The van der Waals surface area contributed by atoms with Gasteiger partial charge in [-0.3, -0.25) is 14.4 Å². The van der Waals surface area contributed by atoms with Gasteiger partial charge in [-0.15, -0.1) is 0 Å². The highest BCUT2D eigenvalue weighted by molar-refractivity contribution is 5.92. The Kier molecular flexibility index (Phi) is 5.06. The number of rotatable bonds is 4. The molecule has 2 aliphatic heterocycles. The van der Waals surface area contributed by atoms with Crippen molar-refractivity contribution in [3.8, 4) is 0 Å². The average Bonchev–Trinajstić information content (AvgIpc) is 2.97. The molecule has 0 spiro atoms. The number of benzene rings is 1. The summed E-state index contributed by atoms with van der Waals surface area (Å²) in [5.41, 5.74) is 7.68. The Balaban J connectivity index is 1.65. The van der Waals surface area contributed by atoms with Gasteiger partial charge in [-0.25, -0.2) is 0 Å². The molecule has 0 aromatic heterocycles. The van der Waals surface area contributed by atoms with Gasteiger partial charge in [-0.05, 0) is 31.7 Å². The Bertz CT molecular complexity index is 671. The van der Waals surface area contributed by atoms with Crippen LogP contribution in [-0.2, 0) is 20.9 Å². The van der Waals surface area contributed by atoms with Gasteiger partial charge in [0, 0.05) is 26.1 Å². The Morgan fingerprint density at radius 3 is 2.60 bits per heavy atom. The molecule has 1 aromatic rings. The van der Waals surface area contributed by atoms with Crippen molar-refractivity contribution in [3.63, 3.8) is 0 Å². The van der Waals surface area contributed by atoms with Gasteiger partial charge in [-0.2, -0.15) is 0 Å². The monoisotopic (exact) mass is 343 g/mol. The van der Waals surface area contributed by atoms with E-state index in [0.717, 1.165) is 18.4 Å². The highest BCUT2D eigenvalue weighted by atomic mass is 16.2. The number of primary amides is 1. The molecule has 2 aliphatic rings. The van der Waals surface area contributed by atoms with Gasteiger partial charge in [0.05, 0.1) is 5.92 Å². The molecule has 2 heterocycles. The third-order valence-corrected chi connectivity index (χ3v) is 5.17. The van der Waals surface area contributed by atoms with E-state index < -0.39 is 11.9 Å². The average molecular weight is 343 g/mol. The number of hydrogen-bond acceptors (Lipinski definition) is 3. The zero-order valence-corrected chi connectivity index (χ0v) is 14.6. The van der Waals surface area contributed by atoms with Crippen molar-refractivity contribution in [1.82, 2.24) is 9.80 Å². The van der Waals surface area contributed by atoms with E-state index in [-0.39, 0.29) is 24.2 Å². The number of likely N-dealkylation sites (tertiary alicyclic amines) is 2. The number of carbonyl (C=O) groups excluding carboxylic acids is 3. The largest absolute Gasteiger partial charge is 0.368 e. The first-order chi connectivity index (χ1) is 12.0. The molecule has 2 N–H and O–H groups in total.